The number of hydrogen-bond acceptors (Lipinski definition) is 5. The standard InChI is InChI=1S/C19H28O6S/c1-18-8-7-12(20)9-11(18)3-4-13-14-5-6-16(25-26(22,23)24)19(14,2)10-15(21)17(13)18/h9,13-17,21H,3-8,10H2,1-2H3,(H,22,23,24)/t13-,14-,15-,16-,17+,18-,19-/m0/s1. The Morgan fingerprint density at radius 3 is 2.62 bits per heavy atom. The molecule has 26 heavy (non-hydrogen) atoms. The van der Waals surface area contributed by atoms with Gasteiger partial charge in [0.15, 0.2) is 5.78 Å². The van der Waals surface area contributed by atoms with Crippen molar-refractivity contribution >= 4 is 16.2 Å². The van der Waals surface area contributed by atoms with Crippen LogP contribution in [0, 0.1) is 28.6 Å². The van der Waals surface area contributed by atoms with E-state index < -0.39 is 28.0 Å². The summed E-state index contributed by atoms with van der Waals surface area (Å²) < 4.78 is 36.7. The third-order valence-electron chi connectivity index (χ3n) is 8.04. The van der Waals surface area contributed by atoms with E-state index >= 15 is 0 Å². The quantitative estimate of drug-likeness (QED) is 0.710. The summed E-state index contributed by atoms with van der Waals surface area (Å²) in [6, 6.07) is 0. The van der Waals surface area contributed by atoms with Crippen LogP contribution in [0.3, 0.4) is 0 Å². The van der Waals surface area contributed by atoms with Gasteiger partial charge in [0, 0.05) is 11.8 Å². The van der Waals surface area contributed by atoms with Crippen LogP contribution >= 0.6 is 0 Å². The van der Waals surface area contributed by atoms with E-state index in [2.05, 4.69) is 6.92 Å². The van der Waals surface area contributed by atoms with Crippen LogP contribution in [0.2, 0.25) is 0 Å². The van der Waals surface area contributed by atoms with Gasteiger partial charge in [-0.25, -0.2) is 4.18 Å². The molecule has 4 aliphatic rings. The number of allylic oxidation sites excluding steroid dienone is 1. The third kappa shape index (κ3) is 2.70. The van der Waals surface area contributed by atoms with Gasteiger partial charge in [-0.15, -0.1) is 0 Å². The van der Waals surface area contributed by atoms with Gasteiger partial charge in [0.05, 0.1) is 12.2 Å². The molecule has 0 aromatic heterocycles. The summed E-state index contributed by atoms with van der Waals surface area (Å²) >= 11 is 0. The second kappa shape index (κ2) is 5.87. The predicted octanol–water partition coefficient (Wildman–Crippen LogP) is 2.68. The SMILES string of the molecule is C[C@]12C[C@H](O)[C@H]3[C@@H](CCC4=CC(=O)CC[C@@]43C)[C@@H]1CC[C@@H]2OS(=O)(=O)O. The number of carbonyl (C=O) groups is 1. The van der Waals surface area contributed by atoms with E-state index in [1.807, 2.05) is 6.92 Å². The van der Waals surface area contributed by atoms with Gasteiger partial charge in [0.2, 0.25) is 0 Å². The lowest BCUT2D eigenvalue weighted by atomic mass is 9.46. The fourth-order valence-corrected chi connectivity index (χ4v) is 7.56. The summed E-state index contributed by atoms with van der Waals surface area (Å²) in [6.07, 6.45) is 5.64. The first-order valence-corrected chi connectivity index (χ1v) is 11.0. The highest BCUT2D eigenvalue weighted by molar-refractivity contribution is 7.80. The van der Waals surface area contributed by atoms with Gasteiger partial charge in [-0.05, 0) is 67.8 Å². The van der Waals surface area contributed by atoms with E-state index in [-0.39, 0.29) is 29.0 Å². The number of fused-ring (bicyclic) bond motifs is 5. The fraction of sp³-hybridized carbons (Fsp3) is 0.842. The molecule has 4 aliphatic carbocycles. The van der Waals surface area contributed by atoms with Gasteiger partial charge in [-0.2, -0.15) is 8.42 Å². The molecular weight excluding hydrogens is 356 g/mol. The van der Waals surface area contributed by atoms with Crippen molar-refractivity contribution in [1.82, 2.24) is 0 Å². The molecule has 4 rings (SSSR count). The molecule has 6 nitrogen and oxygen atoms in total. The molecular formula is C19H28O6S. The second-order valence-electron chi connectivity index (χ2n) is 9.26. The van der Waals surface area contributed by atoms with Crippen LogP contribution in [0.4, 0.5) is 0 Å². The average molecular weight is 384 g/mol. The van der Waals surface area contributed by atoms with Crippen molar-refractivity contribution < 1.29 is 27.1 Å². The van der Waals surface area contributed by atoms with Crippen molar-refractivity contribution in [2.75, 3.05) is 0 Å². The van der Waals surface area contributed by atoms with Gasteiger partial charge in [0.1, 0.15) is 0 Å². The lowest BCUT2D eigenvalue weighted by Gasteiger charge is -2.59. The van der Waals surface area contributed by atoms with Crippen LogP contribution in [0.5, 0.6) is 0 Å². The van der Waals surface area contributed by atoms with Crippen molar-refractivity contribution in [3.8, 4) is 0 Å². The van der Waals surface area contributed by atoms with Gasteiger partial charge >= 0.3 is 10.4 Å². The molecule has 0 amide bonds. The van der Waals surface area contributed by atoms with E-state index in [4.69, 9.17) is 8.74 Å². The Morgan fingerprint density at radius 1 is 1.19 bits per heavy atom. The lowest BCUT2D eigenvalue weighted by Crippen LogP contribution is -2.57. The molecule has 7 atom stereocenters. The predicted molar refractivity (Wildman–Crippen MR) is 94.5 cm³/mol. The zero-order chi connectivity index (χ0) is 18.9. The second-order valence-corrected chi connectivity index (χ2v) is 10.3. The Morgan fingerprint density at radius 2 is 1.92 bits per heavy atom. The summed E-state index contributed by atoms with van der Waals surface area (Å²) in [5.74, 6) is 0.833. The fourth-order valence-electron chi connectivity index (χ4n) is 6.95. The number of rotatable bonds is 2. The largest absolute Gasteiger partial charge is 0.397 e. The minimum atomic E-state index is -4.51. The van der Waals surface area contributed by atoms with Crippen molar-refractivity contribution in [1.29, 1.82) is 0 Å². The number of aliphatic hydroxyl groups excluding tert-OH is 1. The summed E-state index contributed by atoms with van der Waals surface area (Å²) in [4.78, 5) is 11.9. The minimum Gasteiger partial charge on any atom is -0.393 e. The number of ketones is 1. The molecule has 0 saturated heterocycles. The van der Waals surface area contributed by atoms with Crippen LogP contribution in [-0.4, -0.2) is 36.1 Å². The van der Waals surface area contributed by atoms with Crippen LogP contribution < -0.4 is 0 Å². The highest BCUT2D eigenvalue weighted by Crippen LogP contribution is 2.65. The average Bonchev–Trinajstić information content (AvgIpc) is 2.82. The third-order valence-corrected chi connectivity index (χ3v) is 8.52. The first-order valence-electron chi connectivity index (χ1n) is 9.62. The Kier molecular flexibility index (Phi) is 4.20. The molecule has 146 valence electrons. The molecule has 0 spiro atoms. The van der Waals surface area contributed by atoms with Crippen LogP contribution in [0.15, 0.2) is 11.6 Å². The van der Waals surface area contributed by atoms with Crippen LogP contribution in [0.25, 0.3) is 0 Å². The first-order chi connectivity index (χ1) is 12.0. The normalized spacial score (nSPS) is 48.4. The summed E-state index contributed by atoms with van der Waals surface area (Å²) in [5.41, 5.74) is 0.569. The molecule has 0 unspecified atom stereocenters. The highest BCUT2D eigenvalue weighted by atomic mass is 32.3. The monoisotopic (exact) mass is 384 g/mol. The molecule has 2 N–H and O–H groups in total. The number of carbonyl (C=O) groups excluding carboxylic acids is 1. The van der Waals surface area contributed by atoms with Crippen molar-refractivity contribution in [3.63, 3.8) is 0 Å². The van der Waals surface area contributed by atoms with Crippen molar-refractivity contribution in [2.45, 2.75) is 71.0 Å². The molecule has 0 radical (unpaired) electrons. The van der Waals surface area contributed by atoms with E-state index in [0.717, 1.165) is 25.7 Å². The molecule has 0 bridgehead atoms. The summed E-state index contributed by atoms with van der Waals surface area (Å²) in [6.45, 7) is 4.19. The van der Waals surface area contributed by atoms with Gasteiger partial charge in [-0.1, -0.05) is 19.4 Å². The van der Waals surface area contributed by atoms with E-state index in [0.29, 0.717) is 19.3 Å². The molecule has 0 aromatic carbocycles. The highest BCUT2D eigenvalue weighted by Gasteiger charge is 2.62. The van der Waals surface area contributed by atoms with Gasteiger partial charge < -0.3 is 5.11 Å². The van der Waals surface area contributed by atoms with Gasteiger partial charge in [0.25, 0.3) is 0 Å². The van der Waals surface area contributed by atoms with Crippen molar-refractivity contribution in [3.05, 3.63) is 11.6 Å². The Hall–Kier alpha value is -0.760. The lowest BCUT2D eigenvalue weighted by molar-refractivity contribution is -0.139. The molecule has 0 aliphatic heterocycles. The van der Waals surface area contributed by atoms with E-state index in [9.17, 15) is 18.3 Å². The van der Waals surface area contributed by atoms with Crippen molar-refractivity contribution in [2.24, 2.45) is 28.6 Å². The smallest absolute Gasteiger partial charge is 0.393 e. The van der Waals surface area contributed by atoms with Gasteiger partial charge in [-0.3, -0.25) is 9.35 Å². The Balaban J connectivity index is 1.68. The molecule has 3 saturated carbocycles. The number of aliphatic hydroxyl groups is 1. The van der Waals surface area contributed by atoms with Crippen LogP contribution in [0.1, 0.15) is 58.8 Å². The summed E-state index contributed by atoms with van der Waals surface area (Å²) in [7, 11) is -4.51. The zero-order valence-corrected chi connectivity index (χ0v) is 16.2. The van der Waals surface area contributed by atoms with E-state index in [1.54, 1.807) is 6.08 Å². The molecule has 0 heterocycles. The summed E-state index contributed by atoms with van der Waals surface area (Å²) in [5, 5.41) is 11.1. The van der Waals surface area contributed by atoms with E-state index in [1.165, 1.54) is 5.57 Å². The zero-order valence-electron chi connectivity index (χ0n) is 15.3. The maximum Gasteiger partial charge on any atom is 0.397 e. The molecule has 7 heteroatoms. The maximum atomic E-state index is 11.9. The topological polar surface area (TPSA) is 101 Å². The minimum absolute atomic E-state index is 0.0955. The molecule has 3 fully saturated rings. The first kappa shape index (κ1) is 18.6. The van der Waals surface area contributed by atoms with Crippen LogP contribution in [-0.2, 0) is 19.4 Å². The number of hydrogen-bond donors (Lipinski definition) is 2. The Bertz CT molecular complexity index is 758. The maximum absolute atomic E-state index is 11.9. The Labute approximate surface area is 155 Å². The molecule has 0 aromatic rings.